The highest BCUT2D eigenvalue weighted by Crippen LogP contribution is 2.57. The van der Waals surface area contributed by atoms with Crippen LogP contribution < -0.4 is 10.6 Å². The normalized spacial score (nSPS) is 27.5. The average molecular weight is 429 g/mol. The molecule has 1 heterocycles. The molecule has 31 heavy (non-hydrogen) atoms. The van der Waals surface area contributed by atoms with Gasteiger partial charge in [0, 0.05) is 18.8 Å². The Morgan fingerprint density at radius 3 is 2.32 bits per heavy atom. The molecule has 4 atom stereocenters. The molecule has 0 unspecified atom stereocenters. The first-order valence-corrected chi connectivity index (χ1v) is 11.4. The Labute approximate surface area is 182 Å². The second kappa shape index (κ2) is 8.48. The number of aryl methyl sites for hydroxylation is 1. The van der Waals surface area contributed by atoms with Gasteiger partial charge in [0.15, 0.2) is 5.69 Å². The number of allylic oxidation sites excluding steroid dienone is 2. The number of amides is 2. The quantitative estimate of drug-likeness (QED) is 0.602. The summed E-state index contributed by atoms with van der Waals surface area (Å²) in [6.45, 7) is 6.47. The largest absolute Gasteiger partial charge is 0.481 e. The van der Waals surface area contributed by atoms with Crippen LogP contribution in [0.25, 0.3) is 0 Å². The molecule has 3 fully saturated rings. The third-order valence-corrected chi connectivity index (χ3v) is 7.26. The van der Waals surface area contributed by atoms with E-state index in [1.165, 1.54) is 0 Å². The number of carboxylic acids is 1. The van der Waals surface area contributed by atoms with Gasteiger partial charge in [0.05, 0.1) is 17.5 Å². The number of nitrogens with one attached hydrogen (secondary N) is 2. The number of hydrogen-bond donors (Lipinski definition) is 3. The van der Waals surface area contributed by atoms with E-state index in [9.17, 15) is 19.5 Å². The lowest BCUT2D eigenvalue weighted by molar-refractivity contribution is -0.148. The Bertz CT molecular complexity index is 924. The number of aliphatic carboxylic acids is 1. The summed E-state index contributed by atoms with van der Waals surface area (Å²) in [5, 5.41) is 20.1. The molecule has 2 bridgehead atoms. The standard InChI is InChI=1S/C23H32N4O4/c1-4-27-11-16(20(26-27)22(29)24-13-7-5-6-8-13)25-21(28)18-14-9-10-15(17(14)12(2)3)19(18)23(30)31/h11,13-15,18-19H,4-10H2,1-3H3,(H,24,29)(H,25,28)(H,30,31)/t14-,15+,18-,19+/m1/s1. The van der Waals surface area contributed by atoms with Crippen molar-refractivity contribution in [2.24, 2.45) is 23.7 Å². The number of carbonyl (C=O) groups excluding carboxylic acids is 2. The zero-order valence-electron chi connectivity index (χ0n) is 18.5. The number of rotatable bonds is 6. The lowest BCUT2D eigenvalue weighted by atomic mass is 9.78. The van der Waals surface area contributed by atoms with Crippen molar-refractivity contribution in [2.45, 2.75) is 71.9 Å². The summed E-state index contributed by atoms with van der Waals surface area (Å²) < 4.78 is 1.62. The predicted molar refractivity (Wildman–Crippen MR) is 115 cm³/mol. The first-order valence-electron chi connectivity index (χ1n) is 11.4. The minimum Gasteiger partial charge on any atom is -0.481 e. The Balaban J connectivity index is 1.58. The van der Waals surface area contributed by atoms with E-state index in [-0.39, 0.29) is 35.4 Å². The molecule has 3 saturated carbocycles. The molecule has 8 nitrogen and oxygen atoms in total. The average Bonchev–Trinajstić information content (AvgIpc) is 3.49. The smallest absolute Gasteiger partial charge is 0.307 e. The Hall–Kier alpha value is -2.64. The zero-order chi connectivity index (χ0) is 22.3. The molecule has 168 valence electrons. The third kappa shape index (κ3) is 3.88. The van der Waals surface area contributed by atoms with E-state index >= 15 is 0 Å². The number of carbonyl (C=O) groups is 3. The number of nitrogens with zero attached hydrogens (tertiary/aromatic N) is 2. The first-order chi connectivity index (χ1) is 14.8. The summed E-state index contributed by atoms with van der Waals surface area (Å²) in [6, 6.07) is 0.144. The molecule has 0 radical (unpaired) electrons. The van der Waals surface area contributed by atoms with Crippen LogP contribution in [0.5, 0.6) is 0 Å². The molecule has 0 aromatic carbocycles. The van der Waals surface area contributed by atoms with Gasteiger partial charge in [0.2, 0.25) is 5.91 Å². The van der Waals surface area contributed by atoms with Crippen LogP contribution in [0.2, 0.25) is 0 Å². The highest BCUT2D eigenvalue weighted by atomic mass is 16.4. The molecule has 3 aliphatic carbocycles. The molecule has 4 rings (SSSR count). The van der Waals surface area contributed by atoms with Crippen LogP contribution >= 0.6 is 0 Å². The van der Waals surface area contributed by atoms with Crippen molar-refractivity contribution in [1.29, 1.82) is 0 Å². The fourth-order valence-electron chi connectivity index (χ4n) is 5.99. The van der Waals surface area contributed by atoms with Gasteiger partial charge >= 0.3 is 5.97 Å². The lowest BCUT2D eigenvalue weighted by Crippen LogP contribution is -2.38. The van der Waals surface area contributed by atoms with Crippen LogP contribution in [0.4, 0.5) is 5.69 Å². The van der Waals surface area contributed by atoms with E-state index < -0.39 is 17.8 Å². The lowest BCUT2D eigenvalue weighted by Gasteiger charge is -2.26. The summed E-state index contributed by atoms with van der Waals surface area (Å²) in [6.07, 6.45) is 7.42. The second-order valence-corrected chi connectivity index (χ2v) is 9.33. The molecule has 1 aromatic heterocycles. The van der Waals surface area contributed by atoms with Crippen molar-refractivity contribution in [3.8, 4) is 0 Å². The monoisotopic (exact) mass is 428 g/mol. The van der Waals surface area contributed by atoms with E-state index in [2.05, 4.69) is 15.7 Å². The minimum atomic E-state index is -0.922. The maximum absolute atomic E-state index is 13.3. The van der Waals surface area contributed by atoms with Crippen LogP contribution in [0.1, 0.15) is 69.8 Å². The van der Waals surface area contributed by atoms with E-state index in [0.29, 0.717) is 12.2 Å². The molecule has 0 spiro atoms. The van der Waals surface area contributed by atoms with Crippen molar-refractivity contribution in [3.05, 3.63) is 23.0 Å². The van der Waals surface area contributed by atoms with Crippen LogP contribution in [-0.4, -0.2) is 38.7 Å². The zero-order valence-corrected chi connectivity index (χ0v) is 18.5. The fourth-order valence-corrected chi connectivity index (χ4v) is 5.99. The molecular weight excluding hydrogens is 396 g/mol. The topological polar surface area (TPSA) is 113 Å². The van der Waals surface area contributed by atoms with Gasteiger partial charge in [0.25, 0.3) is 5.91 Å². The van der Waals surface area contributed by atoms with Gasteiger partial charge in [-0.2, -0.15) is 5.10 Å². The molecule has 0 saturated heterocycles. The van der Waals surface area contributed by atoms with Crippen molar-refractivity contribution in [2.75, 3.05) is 5.32 Å². The van der Waals surface area contributed by atoms with E-state index in [1.807, 2.05) is 20.8 Å². The van der Waals surface area contributed by atoms with Gasteiger partial charge < -0.3 is 15.7 Å². The van der Waals surface area contributed by atoms with Crippen molar-refractivity contribution < 1.29 is 19.5 Å². The van der Waals surface area contributed by atoms with E-state index in [1.54, 1.807) is 10.9 Å². The van der Waals surface area contributed by atoms with Gasteiger partial charge in [-0.15, -0.1) is 0 Å². The van der Waals surface area contributed by atoms with Crippen LogP contribution in [0, 0.1) is 23.7 Å². The van der Waals surface area contributed by atoms with E-state index in [0.717, 1.165) is 49.7 Å². The molecule has 8 heteroatoms. The molecular formula is C23H32N4O4. The SMILES string of the molecule is CCn1cc(NC(=O)[C@H]2[C@@H](C(=O)O)[C@H]3CC[C@@H]2C3=C(C)C)c(C(=O)NC2CCCC2)n1. The van der Waals surface area contributed by atoms with E-state index in [4.69, 9.17) is 0 Å². The summed E-state index contributed by atoms with van der Waals surface area (Å²) in [5.41, 5.74) is 2.80. The van der Waals surface area contributed by atoms with Crippen LogP contribution in [0.15, 0.2) is 17.3 Å². The van der Waals surface area contributed by atoms with Gasteiger partial charge in [0.1, 0.15) is 0 Å². The number of hydrogen-bond acceptors (Lipinski definition) is 4. The summed E-state index contributed by atoms with van der Waals surface area (Å²) in [7, 11) is 0. The third-order valence-electron chi connectivity index (χ3n) is 7.26. The number of aromatic nitrogens is 2. The number of fused-ring (bicyclic) bond motifs is 2. The van der Waals surface area contributed by atoms with Crippen molar-refractivity contribution >= 4 is 23.5 Å². The first kappa shape index (κ1) is 21.6. The number of carboxylic acid groups (broad SMARTS) is 1. The Morgan fingerprint density at radius 2 is 1.74 bits per heavy atom. The number of anilines is 1. The summed E-state index contributed by atoms with van der Waals surface area (Å²) in [4.78, 5) is 38.3. The molecule has 1 aromatic rings. The molecule has 2 amide bonds. The van der Waals surface area contributed by atoms with Gasteiger partial charge in [-0.05, 0) is 58.3 Å². The van der Waals surface area contributed by atoms with Gasteiger partial charge in [-0.25, -0.2) is 0 Å². The highest BCUT2D eigenvalue weighted by Gasteiger charge is 2.57. The highest BCUT2D eigenvalue weighted by molar-refractivity contribution is 6.04. The maximum Gasteiger partial charge on any atom is 0.307 e. The van der Waals surface area contributed by atoms with Crippen molar-refractivity contribution in [3.63, 3.8) is 0 Å². The van der Waals surface area contributed by atoms with Gasteiger partial charge in [-0.3, -0.25) is 19.1 Å². The Morgan fingerprint density at radius 1 is 1.10 bits per heavy atom. The van der Waals surface area contributed by atoms with Crippen molar-refractivity contribution in [1.82, 2.24) is 15.1 Å². The fraction of sp³-hybridized carbons (Fsp3) is 0.652. The predicted octanol–water partition coefficient (Wildman–Crippen LogP) is 3.21. The maximum atomic E-state index is 13.3. The summed E-state index contributed by atoms with van der Waals surface area (Å²) >= 11 is 0. The summed E-state index contributed by atoms with van der Waals surface area (Å²) in [5.74, 6) is -3.02. The second-order valence-electron chi connectivity index (χ2n) is 9.33. The Kier molecular flexibility index (Phi) is 5.90. The van der Waals surface area contributed by atoms with Gasteiger partial charge in [-0.1, -0.05) is 24.0 Å². The van der Waals surface area contributed by atoms with Crippen LogP contribution in [0.3, 0.4) is 0 Å². The molecule has 3 aliphatic rings. The van der Waals surface area contributed by atoms with Crippen LogP contribution in [-0.2, 0) is 16.1 Å². The molecule has 3 N–H and O–H groups in total. The molecule has 0 aliphatic heterocycles. The minimum absolute atomic E-state index is 0.0481.